The van der Waals surface area contributed by atoms with Crippen LogP contribution in [0.2, 0.25) is 0 Å². The van der Waals surface area contributed by atoms with Crippen LogP contribution in [0, 0.1) is 6.92 Å². The van der Waals surface area contributed by atoms with Crippen molar-refractivity contribution in [3.63, 3.8) is 0 Å². The van der Waals surface area contributed by atoms with Crippen LogP contribution in [0.25, 0.3) is 0 Å². The minimum atomic E-state index is 0.519. The predicted octanol–water partition coefficient (Wildman–Crippen LogP) is 2.32. The molecule has 0 saturated heterocycles. The van der Waals surface area contributed by atoms with Crippen molar-refractivity contribution >= 4 is 17.3 Å². The summed E-state index contributed by atoms with van der Waals surface area (Å²) in [6.07, 6.45) is 4.45. The van der Waals surface area contributed by atoms with E-state index in [4.69, 9.17) is 9.15 Å². The van der Waals surface area contributed by atoms with Crippen LogP contribution in [0.1, 0.15) is 22.1 Å². The first-order valence-corrected chi connectivity index (χ1v) is 8.05. The van der Waals surface area contributed by atoms with Crippen molar-refractivity contribution in [2.45, 2.75) is 26.5 Å². The third kappa shape index (κ3) is 5.87. The first-order valence-electron chi connectivity index (χ1n) is 7.24. The summed E-state index contributed by atoms with van der Waals surface area (Å²) in [5, 5.41) is 7.60. The molecule has 0 aliphatic rings. The topological polar surface area (TPSA) is 71.7 Å². The van der Waals surface area contributed by atoms with Crippen LogP contribution < -0.4 is 10.6 Å². The van der Waals surface area contributed by atoms with Crippen molar-refractivity contribution in [3.05, 3.63) is 40.2 Å². The van der Waals surface area contributed by atoms with Gasteiger partial charge in [-0.1, -0.05) is 0 Å². The van der Waals surface area contributed by atoms with Crippen molar-refractivity contribution in [3.8, 4) is 0 Å². The molecule has 22 heavy (non-hydrogen) atoms. The SMILES string of the molecule is CN=C(NCCCOCc1ccco1)NCc1cnc(C)s1. The number of thiazole rings is 1. The van der Waals surface area contributed by atoms with Gasteiger partial charge in [0, 0.05) is 31.3 Å². The highest BCUT2D eigenvalue weighted by Gasteiger charge is 2.01. The second-order valence-electron chi connectivity index (χ2n) is 4.68. The maximum Gasteiger partial charge on any atom is 0.191 e. The zero-order valence-corrected chi connectivity index (χ0v) is 13.8. The van der Waals surface area contributed by atoms with E-state index < -0.39 is 0 Å². The number of hydrogen-bond donors (Lipinski definition) is 2. The molecule has 0 radical (unpaired) electrons. The molecule has 0 bridgehead atoms. The van der Waals surface area contributed by atoms with Crippen LogP contribution in [0.15, 0.2) is 34.0 Å². The molecule has 0 unspecified atom stereocenters. The van der Waals surface area contributed by atoms with Crippen LogP contribution in [-0.2, 0) is 17.9 Å². The molecule has 2 rings (SSSR count). The van der Waals surface area contributed by atoms with Gasteiger partial charge in [0.05, 0.1) is 17.8 Å². The third-order valence-corrected chi connectivity index (χ3v) is 3.82. The molecule has 0 spiro atoms. The van der Waals surface area contributed by atoms with Crippen molar-refractivity contribution in [2.75, 3.05) is 20.2 Å². The second kappa shape index (κ2) is 9.22. The van der Waals surface area contributed by atoms with E-state index in [2.05, 4.69) is 20.6 Å². The average Bonchev–Trinajstić information content (AvgIpc) is 3.17. The zero-order chi connectivity index (χ0) is 15.6. The van der Waals surface area contributed by atoms with Gasteiger partial charge in [0.25, 0.3) is 0 Å². The number of rotatable bonds is 8. The van der Waals surface area contributed by atoms with Gasteiger partial charge in [-0.25, -0.2) is 4.98 Å². The van der Waals surface area contributed by atoms with Gasteiger partial charge in [0.15, 0.2) is 5.96 Å². The molecule has 0 aliphatic carbocycles. The number of ether oxygens (including phenoxy) is 1. The van der Waals surface area contributed by atoms with Crippen molar-refractivity contribution < 1.29 is 9.15 Å². The molecule has 0 saturated carbocycles. The van der Waals surface area contributed by atoms with Gasteiger partial charge < -0.3 is 19.8 Å². The summed E-state index contributed by atoms with van der Waals surface area (Å²) < 4.78 is 10.7. The Bertz CT molecular complexity index is 566. The zero-order valence-electron chi connectivity index (χ0n) is 13.0. The fourth-order valence-corrected chi connectivity index (χ4v) is 2.56. The number of nitrogens with zero attached hydrogens (tertiary/aromatic N) is 2. The predicted molar refractivity (Wildman–Crippen MR) is 88.0 cm³/mol. The van der Waals surface area contributed by atoms with Crippen molar-refractivity contribution in [1.82, 2.24) is 15.6 Å². The molecule has 2 aromatic heterocycles. The maximum absolute atomic E-state index is 5.52. The molecule has 0 aromatic carbocycles. The third-order valence-electron chi connectivity index (χ3n) is 2.91. The van der Waals surface area contributed by atoms with Gasteiger partial charge in [-0.15, -0.1) is 11.3 Å². The lowest BCUT2D eigenvalue weighted by molar-refractivity contribution is 0.105. The Labute approximate surface area is 134 Å². The number of guanidine groups is 1. The Morgan fingerprint density at radius 1 is 1.45 bits per heavy atom. The summed E-state index contributed by atoms with van der Waals surface area (Å²) in [6.45, 7) is 4.74. The highest BCUT2D eigenvalue weighted by Crippen LogP contribution is 2.10. The highest BCUT2D eigenvalue weighted by atomic mass is 32.1. The fourth-order valence-electron chi connectivity index (χ4n) is 1.83. The van der Waals surface area contributed by atoms with E-state index in [0.717, 1.165) is 36.2 Å². The minimum Gasteiger partial charge on any atom is -0.467 e. The summed E-state index contributed by atoms with van der Waals surface area (Å²) in [5.41, 5.74) is 0. The lowest BCUT2D eigenvalue weighted by atomic mass is 10.4. The van der Waals surface area contributed by atoms with Crippen LogP contribution in [-0.4, -0.2) is 31.1 Å². The van der Waals surface area contributed by atoms with Crippen LogP contribution >= 0.6 is 11.3 Å². The molecule has 0 aliphatic heterocycles. The number of hydrogen-bond acceptors (Lipinski definition) is 5. The Kier molecular flexibility index (Phi) is 6.92. The van der Waals surface area contributed by atoms with Gasteiger partial charge in [0.2, 0.25) is 0 Å². The van der Waals surface area contributed by atoms with Gasteiger partial charge in [0.1, 0.15) is 12.4 Å². The Balaban J connectivity index is 1.54. The molecule has 7 heteroatoms. The first-order chi connectivity index (χ1) is 10.8. The van der Waals surface area contributed by atoms with E-state index in [1.54, 1.807) is 24.6 Å². The van der Waals surface area contributed by atoms with E-state index in [0.29, 0.717) is 13.2 Å². The Hall–Kier alpha value is -1.86. The molecule has 0 fully saturated rings. The quantitative estimate of drug-likeness (QED) is 0.443. The van der Waals surface area contributed by atoms with E-state index in [1.807, 2.05) is 25.3 Å². The number of aromatic nitrogens is 1. The van der Waals surface area contributed by atoms with Crippen LogP contribution in [0.3, 0.4) is 0 Å². The van der Waals surface area contributed by atoms with E-state index >= 15 is 0 Å². The lowest BCUT2D eigenvalue weighted by Gasteiger charge is -2.11. The summed E-state index contributed by atoms with van der Waals surface area (Å²) in [4.78, 5) is 9.62. The highest BCUT2D eigenvalue weighted by molar-refractivity contribution is 7.11. The molecule has 2 N–H and O–H groups in total. The van der Waals surface area contributed by atoms with E-state index in [-0.39, 0.29) is 0 Å². The lowest BCUT2D eigenvalue weighted by Crippen LogP contribution is -2.37. The Morgan fingerprint density at radius 2 is 2.36 bits per heavy atom. The molecule has 0 atom stereocenters. The number of furan rings is 1. The normalized spacial score (nSPS) is 11.6. The van der Waals surface area contributed by atoms with E-state index in [9.17, 15) is 0 Å². The first kappa shape index (κ1) is 16.5. The largest absolute Gasteiger partial charge is 0.467 e. The molecular weight excluding hydrogens is 300 g/mol. The van der Waals surface area contributed by atoms with Crippen LogP contribution in [0.4, 0.5) is 0 Å². The van der Waals surface area contributed by atoms with Crippen molar-refractivity contribution in [1.29, 1.82) is 0 Å². The Morgan fingerprint density at radius 3 is 3.05 bits per heavy atom. The van der Waals surface area contributed by atoms with Gasteiger partial charge in [-0.05, 0) is 25.5 Å². The summed E-state index contributed by atoms with van der Waals surface area (Å²) in [5.74, 6) is 1.64. The molecule has 0 amide bonds. The minimum absolute atomic E-state index is 0.519. The second-order valence-corrected chi connectivity index (χ2v) is 6.00. The molecular formula is C15H22N4O2S. The standard InChI is InChI=1S/C15H22N4O2S/c1-12-18-9-14(22-12)10-19-15(16-2)17-6-4-7-20-11-13-5-3-8-21-13/h3,5,8-9H,4,6-7,10-11H2,1-2H3,(H2,16,17,19). The summed E-state index contributed by atoms with van der Waals surface area (Å²) in [6, 6.07) is 3.77. The number of nitrogens with one attached hydrogen (secondary N) is 2. The molecule has 2 aromatic rings. The number of aryl methyl sites for hydroxylation is 1. The summed E-state index contributed by atoms with van der Waals surface area (Å²) in [7, 11) is 1.76. The smallest absolute Gasteiger partial charge is 0.191 e. The summed E-state index contributed by atoms with van der Waals surface area (Å²) >= 11 is 1.69. The molecule has 2 heterocycles. The van der Waals surface area contributed by atoms with Gasteiger partial charge in [-0.3, -0.25) is 4.99 Å². The average molecular weight is 322 g/mol. The molecule has 6 nitrogen and oxygen atoms in total. The van der Waals surface area contributed by atoms with E-state index in [1.165, 1.54) is 4.88 Å². The maximum atomic E-state index is 5.52. The number of aliphatic imine (C=N–C) groups is 1. The monoisotopic (exact) mass is 322 g/mol. The molecule has 120 valence electrons. The van der Waals surface area contributed by atoms with Crippen molar-refractivity contribution in [2.24, 2.45) is 4.99 Å². The fraction of sp³-hybridized carbons (Fsp3) is 0.467. The van der Waals surface area contributed by atoms with Gasteiger partial charge in [-0.2, -0.15) is 0 Å². The van der Waals surface area contributed by atoms with Crippen LogP contribution in [0.5, 0.6) is 0 Å². The van der Waals surface area contributed by atoms with Gasteiger partial charge >= 0.3 is 0 Å².